The molecule has 11 N–H and O–H groups in total. The molecule has 0 aliphatic carbocycles. The van der Waals surface area contributed by atoms with Crippen LogP contribution in [-0.4, -0.2) is 101 Å². The van der Waals surface area contributed by atoms with Crippen molar-refractivity contribution in [2.24, 2.45) is 17.9 Å². The SMILES string of the molecule is [2H]C([2H])([2H])C(O/N=C(\C(=O)N[C@@H]1C(=O)N2C(C(=O)O)=C(C[n+]3cc(NC(=O)NCCN)c(N)n3C)CS[C@H]12)c1nsc(N)n1)(C(=O)O)C([2H])([2H])[2H]. The van der Waals surface area contributed by atoms with E-state index < -0.39 is 72.0 Å². The molecular weight excluding hydrogens is 636 g/mol. The highest BCUT2D eigenvalue weighted by atomic mass is 32.2. The molecule has 22 heteroatoms. The maximum Gasteiger partial charge on any atom is 0.352 e. The van der Waals surface area contributed by atoms with Crippen LogP contribution in [0.3, 0.4) is 0 Å². The van der Waals surface area contributed by atoms with Gasteiger partial charge in [0.05, 0.1) is 7.05 Å². The molecule has 0 aromatic carbocycles. The number of nitrogens with zero attached hydrogens (tertiary/aromatic N) is 6. The van der Waals surface area contributed by atoms with Crippen LogP contribution in [0.25, 0.3) is 0 Å². The summed E-state index contributed by atoms with van der Waals surface area (Å²) in [5.41, 5.74) is 12.2. The van der Waals surface area contributed by atoms with E-state index in [4.69, 9.17) is 25.4 Å². The molecule has 20 nitrogen and oxygen atoms in total. The summed E-state index contributed by atoms with van der Waals surface area (Å²) in [6.45, 7) is -7.36. The monoisotopic (exact) mass is 673 g/mol. The van der Waals surface area contributed by atoms with Crippen LogP contribution in [0.1, 0.15) is 27.8 Å². The number of amides is 4. The second kappa shape index (κ2) is 13.0. The van der Waals surface area contributed by atoms with Crippen LogP contribution < -0.4 is 37.8 Å². The second-order valence-corrected chi connectivity index (χ2v) is 11.2. The first-order chi connectivity index (χ1) is 23.7. The number of hydrogen-bond donors (Lipinski definition) is 8. The van der Waals surface area contributed by atoms with Gasteiger partial charge in [0, 0.05) is 44.2 Å². The standard InChI is InChI=1S/C23H30N12O8S2/c1-23(2,20(40)41)43-31-11(15-30-21(26)45-32-15)16(36)29-12-17(37)35-13(19(38)39)9(8-44-18(12)35)6-34-7-10(14(25)33(34)3)28-22(42)27-5-4-24/h7,12,18,25H,4-6,8,24H2,1-3H3,(H7,26,27,28,29,30,32,36,38,39,40,41,42)/p+1/b31-11-/t12-,18-/m1/s1/i1D3,2D3. The Morgan fingerprint density at radius 2 is 2.04 bits per heavy atom. The third kappa shape index (κ3) is 6.76. The molecule has 0 unspecified atom stereocenters. The number of urea groups is 1. The number of aliphatic carboxylic acids is 2. The number of thioether (sulfide) groups is 1. The van der Waals surface area contributed by atoms with Crippen molar-refractivity contribution >= 4 is 75.4 Å². The maximum absolute atomic E-state index is 13.5. The van der Waals surface area contributed by atoms with Gasteiger partial charge in [0.2, 0.25) is 23.3 Å². The summed E-state index contributed by atoms with van der Waals surface area (Å²) < 4.78 is 52.2. The number of rotatable bonds is 12. The van der Waals surface area contributed by atoms with E-state index >= 15 is 0 Å². The lowest BCUT2D eigenvalue weighted by Gasteiger charge is -2.49. The predicted octanol–water partition coefficient (Wildman–Crippen LogP) is -2.57. The Labute approximate surface area is 271 Å². The van der Waals surface area contributed by atoms with Gasteiger partial charge in [-0.05, 0) is 13.7 Å². The Bertz CT molecular complexity index is 1810. The average molecular weight is 674 g/mol. The molecule has 1 saturated heterocycles. The van der Waals surface area contributed by atoms with Crippen molar-refractivity contribution in [3.63, 3.8) is 0 Å². The fourth-order valence-electron chi connectivity index (χ4n) is 4.09. The summed E-state index contributed by atoms with van der Waals surface area (Å²) in [7, 11) is 1.56. The molecule has 2 aromatic rings. The van der Waals surface area contributed by atoms with Crippen molar-refractivity contribution < 1.29 is 51.9 Å². The minimum Gasteiger partial charge on any atom is -0.478 e. The lowest BCUT2D eigenvalue weighted by Crippen LogP contribution is -2.71. The van der Waals surface area contributed by atoms with Crippen LogP contribution in [0.2, 0.25) is 0 Å². The molecule has 4 amide bonds. The van der Waals surface area contributed by atoms with Gasteiger partial charge in [-0.15, -0.1) is 21.1 Å². The van der Waals surface area contributed by atoms with Gasteiger partial charge in [-0.2, -0.15) is 9.36 Å². The Kier molecular flexibility index (Phi) is 7.30. The van der Waals surface area contributed by atoms with E-state index in [1.807, 2.05) is 0 Å². The summed E-state index contributed by atoms with van der Waals surface area (Å²) >= 11 is 1.61. The molecule has 2 atom stereocenters. The van der Waals surface area contributed by atoms with Crippen LogP contribution >= 0.6 is 23.3 Å². The number of nitrogens with two attached hydrogens (primary N) is 3. The first kappa shape index (κ1) is 25.4. The topological polar surface area (TPSA) is 299 Å². The average Bonchev–Trinajstić information content (AvgIpc) is 3.56. The number of nitrogen functional groups attached to an aromatic ring is 2. The van der Waals surface area contributed by atoms with Gasteiger partial charge < -0.3 is 42.9 Å². The number of β-lactam (4-membered cyclic amide) rings is 1. The molecule has 2 aliphatic heterocycles. The zero-order valence-corrected chi connectivity index (χ0v) is 24.8. The Balaban J connectivity index is 1.60. The Hall–Kier alpha value is -4.96. The van der Waals surface area contributed by atoms with E-state index in [1.165, 1.54) is 15.6 Å². The molecule has 0 saturated carbocycles. The largest absolute Gasteiger partial charge is 0.478 e. The van der Waals surface area contributed by atoms with Crippen molar-refractivity contribution in [2.75, 3.05) is 35.6 Å². The normalized spacial score (nSPS) is 20.7. The first-order valence-electron chi connectivity index (χ1n) is 15.6. The summed E-state index contributed by atoms with van der Waals surface area (Å²) in [4.78, 5) is 72.7. The van der Waals surface area contributed by atoms with Gasteiger partial charge in [-0.3, -0.25) is 19.8 Å². The van der Waals surface area contributed by atoms with Gasteiger partial charge in [0.25, 0.3) is 11.8 Å². The molecule has 4 heterocycles. The van der Waals surface area contributed by atoms with Gasteiger partial charge in [0.15, 0.2) is 23.2 Å². The number of hydrogen-bond acceptors (Lipinski definition) is 14. The summed E-state index contributed by atoms with van der Waals surface area (Å²) in [6, 6.07) is -1.98. The number of nitrogens with one attached hydrogen (secondary N) is 3. The summed E-state index contributed by atoms with van der Waals surface area (Å²) in [5.74, 6) is -6.58. The third-order valence-electron chi connectivity index (χ3n) is 6.30. The van der Waals surface area contributed by atoms with Crippen molar-refractivity contribution in [2.45, 2.75) is 37.3 Å². The minimum absolute atomic E-state index is 0.0345. The fraction of sp³-hybridized carbons (Fsp3) is 0.435. The molecule has 0 spiro atoms. The molecule has 1 fully saturated rings. The maximum atomic E-state index is 13.5. The Morgan fingerprint density at radius 1 is 1.31 bits per heavy atom. The highest BCUT2D eigenvalue weighted by Gasteiger charge is 2.55. The number of fused-ring (bicyclic) bond motifs is 1. The molecular formula is C23H31N12O8S2+. The number of oxime groups is 1. The van der Waals surface area contributed by atoms with E-state index in [1.54, 1.807) is 7.05 Å². The van der Waals surface area contributed by atoms with Crippen LogP contribution in [-0.2, 0) is 37.6 Å². The van der Waals surface area contributed by atoms with Crippen molar-refractivity contribution in [3.05, 3.63) is 23.3 Å². The van der Waals surface area contributed by atoms with E-state index in [0.29, 0.717) is 11.5 Å². The third-order valence-corrected chi connectivity index (χ3v) is 8.18. The Morgan fingerprint density at radius 3 is 2.64 bits per heavy atom. The van der Waals surface area contributed by atoms with E-state index in [0.717, 1.165) is 16.7 Å². The van der Waals surface area contributed by atoms with Crippen molar-refractivity contribution in [3.8, 4) is 0 Å². The van der Waals surface area contributed by atoms with Crippen LogP contribution in [0.4, 0.5) is 21.4 Å². The number of carbonyl (C=O) groups excluding carboxylic acids is 3. The number of aromatic nitrogens is 4. The predicted molar refractivity (Wildman–Crippen MR) is 159 cm³/mol. The molecule has 242 valence electrons. The highest BCUT2D eigenvalue weighted by Crippen LogP contribution is 2.40. The molecule has 45 heavy (non-hydrogen) atoms. The van der Waals surface area contributed by atoms with E-state index in [2.05, 4.69) is 35.3 Å². The fourth-order valence-corrected chi connectivity index (χ4v) is 5.86. The smallest absolute Gasteiger partial charge is 0.352 e. The van der Waals surface area contributed by atoms with Crippen molar-refractivity contribution in [1.29, 1.82) is 0 Å². The zero-order chi connectivity index (χ0) is 38.2. The molecule has 4 rings (SSSR count). The minimum atomic E-state index is -3.94. The number of carboxylic acids is 2. The lowest BCUT2D eigenvalue weighted by atomic mass is 10.0. The zero-order valence-electron chi connectivity index (χ0n) is 29.1. The first-order valence-corrected chi connectivity index (χ1v) is 14.4. The number of carboxylic acid groups (broad SMARTS) is 2. The second-order valence-electron chi connectivity index (χ2n) is 9.31. The van der Waals surface area contributed by atoms with Crippen LogP contribution in [0, 0.1) is 0 Å². The van der Waals surface area contributed by atoms with Crippen LogP contribution in [0.15, 0.2) is 22.6 Å². The molecule has 2 aliphatic rings. The van der Waals surface area contributed by atoms with Crippen LogP contribution in [0.5, 0.6) is 0 Å². The lowest BCUT2D eigenvalue weighted by molar-refractivity contribution is -0.765. The number of carbonyl (C=O) groups is 5. The molecule has 0 radical (unpaired) electrons. The summed E-state index contributed by atoms with van der Waals surface area (Å²) in [6.07, 6.45) is 1.46. The van der Waals surface area contributed by atoms with Gasteiger partial charge in [-0.1, -0.05) is 5.16 Å². The molecule has 0 bridgehead atoms. The molecule has 2 aromatic heterocycles. The van der Waals surface area contributed by atoms with E-state index in [-0.39, 0.29) is 53.3 Å². The van der Waals surface area contributed by atoms with Gasteiger partial charge in [-0.25, -0.2) is 14.4 Å². The van der Waals surface area contributed by atoms with Gasteiger partial charge in [0.1, 0.15) is 17.1 Å². The summed E-state index contributed by atoms with van der Waals surface area (Å²) in [5, 5.41) is 29.2. The van der Waals surface area contributed by atoms with E-state index in [9.17, 15) is 34.2 Å². The number of anilines is 3. The quantitative estimate of drug-likeness (QED) is 0.0497. The van der Waals surface area contributed by atoms with Gasteiger partial charge >= 0.3 is 18.0 Å². The highest BCUT2D eigenvalue weighted by molar-refractivity contribution is 8.00. The van der Waals surface area contributed by atoms with Crippen molar-refractivity contribution in [1.82, 2.24) is 29.6 Å².